The molecule has 0 unspecified atom stereocenters. The minimum atomic E-state index is 0.809. The molecule has 1 aromatic heterocycles. The van der Waals surface area contributed by atoms with E-state index in [0.717, 1.165) is 35.7 Å². The summed E-state index contributed by atoms with van der Waals surface area (Å²) in [4.78, 5) is 4.82. The predicted molar refractivity (Wildman–Crippen MR) is 95.0 cm³/mol. The molecule has 0 N–H and O–H groups in total. The Hall–Kier alpha value is -2.42. The van der Waals surface area contributed by atoms with Crippen LogP contribution in [0.1, 0.15) is 35.9 Å². The first-order valence-corrected chi connectivity index (χ1v) is 8.19. The molecular weight excluding hydrogens is 282 g/mol. The van der Waals surface area contributed by atoms with E-state index in [9.17, 15) is 0 Å². The van der Waals surface area contributed by atoms with Gasteiger partial charge in [-0.05, 0) is 51.0 Å². The Morgan fingerprint density at radius 1 is 0.957 bits per heavy atom. The topological polar surface area (TPSA) is 30.7 Å². The molecular formula is C20H23N3. The van der Waals surface area contributed by atoms with E-state index in [1.165, 1.54) is 16.7 Å². The number of benzene rings is 2. The predicted octanol–water partition coefficient (Wildman–Crippen LogP) is 4.81. The summed E-state index contributed by atoms with van der Waals surface area (Å²) in [7, 11) is 0. The van der Waals surface area contributed by atoms with Crippen LogP contribution < -0.4 is 0 Å². The lowest BCUT2D eigenvalue weighted by molar-refractivity contribution is 0.756. The molecule has 3 aromatic rings. The van der Waals surface area contributed by atoms with Crippen molar-refractivity contribution in [2.75, 3.05) is 0 Å². The molecule has 118 valence electrons. The average Bonchev–Trinajstić information content (AvgIpc) is 2.91. The molecule has 0 aliphatic carbocycles. The minimum absolute atomic E-state index is 0.809. The quantitative estimate of drug-likeness (QED) is 0.692. The summed E-state index contributed by atoms with van der Waals surface area (Å²) >= 11 is 0. The molecule has 0 aliphatic heterocycles. The van der Waals surface area contributed by atoms with Crippen molar-refractivity contribution < 1.29 is 0 Å². The Morgan fingerprint density at radius 3 is 2.30 bits per heavy atom. The third kappa shape index (κ3) is 3.19. The molecule has 23 heavy (non-hydrogen) atoms. The second-order valence-electron chi connectivity index (χ2n) is 6.18. The zero-order chi connectivity index (χ0) is 16.4. The molecule has 2 aromatic carbocycles. The highest BCUT2D eigenvalue weighted by Crippen LogP contribution is 2.23. The van der Waals surface area contributed by atoms with E-state index in [1.54, 1.807) is 0 Å². The number of rotatable bonds is 4. The molecule has 0 fully saturated rings. The Balaban J connectivity index is 2.14. The number of hydrogen-bond acceptors (Lipinski definition) is 2. The fourth-order valence-corrected chi connectivity index (χ4v) is 2.95. The minimum Gasteiger partial charge on any atom is -0.217 e. The van der Waals surface area contributed by atoms with Gasteiger partial charge in [-0.1, -0.05) is 42.3 Å². The monoisotopic (exact) mass is 305 g/mol. The summed E-state index contributed by atoms with van der Waals surface area (Å²) in [5.74, 6) is 1.83. The molecule has 0 spiro atoms. The Morgan fingerprint density at radius 2 is 1.65 bits per heavy atom. The Labute approximate surface area is 138 Å². The maximum absolute atomic E-state index is 4.82. The van der Waals surface area contributed by atoms with Gasteiger partial charge in [0.2, 0.25) is 0 Å². The number of aryl methyl sites for hydroxylation is 4. The summed E-state index contributed by atoms with van der Waals surface area (Å²) < 4.78 is 2.01. The van der Waals surface area contributed by atoms with E-state index in [-0.39, 0.29) is 0 Å². The van der Waals surface area contributed by atoms with Crippen LogP contribution in [0, 0.1) is 20.8 Å². The lowest BCUT2D eigenvalue weighted by atomic mass is 10.1. The zero-order valence-corrected chi connectivity index (χ0v) is 14.3. The lowest BCUT2D eigenvalue weighted by Crippen LogP contribution is -2.04. The van der Waals surface area contributed by atoms with Crippen LogP contribution in [-0.4, -0.2) is 14.8 Å². The molecule has 0 radical (unpaired) electrons. The SMILES string of the molecule is CCCc1nc(-c2cc(C)cc(C)c2)nn1-c1ccccc1C. The molecule has 0 amide bonds. The summed E-state index contributed by atoms with van der Waals surface area (Å²) in [6, 6.07) is 14.8. The molecule has 3 heteroatoms. The van der Waals surface area contributed by atoms with Gasteiger partial charge in [0.15, 0.2) is 5.82 Å². The summed E-state index contributed by atoms with van der Waals surface area (Å²) in [5, 5.41) is 4.82. The van der Waals surface area contributed by atoms with Crippen molar-refractivity contribution >= 4 is 0 Å². The summed E-state index contributed by atoms with van der Waals surface area (Å²) in [6.45, 7) is 8.51. The smallest absolute Gasteiger partial charge is 0.181 e. The normalized spacial score (nSPS) is 11.0. The van der Waals surface area contributed by atoms with Crippen molar-refractivity contribution in [2.24, 2.45) is 0 Å². The van der Waals surface area contributed by atoms with Gasteiger partial charge in [0, 0.05) is 12.0 Å². The van der Waals surface area contributed by atoms with Crippen molar-refractivity contribution in [1.82, 2.24) is 14.8 Å². The van der Waals surface area contributed by atoms with Gasteiger partial charge in [-0.2, -0.15) is 0 Å². The van der Waals surface area contributed by atoms with E-state index >= 15 is 0 Å². The first-order valence-electron chi connectivity index (χ1n) is 8.19. The van der Waals surface area contributed by atoms with Gasteiger partial charge in [-0.3, -0.25) is 0 Å². The van der Waals surface area contributed by atoms with E-state index < -0.39 is 0 Å². The first kappa shape index (κ1) is 15.5. The Kier molecular flexibility index (Phi) is 4.28. The molecule has 0 saturated heterocycles. The van der Waals surface area contributed by atoms with E-state index in [4.69, 9.17) is 10.1 Å². The van der Waals surface area contributed by atoms with Gasteiger partial charge in [-0.15, -0.1) is 5.10 Å². The molecule has 3 rings (SSSR count). The molecule has 0 aliphatic rings. The van der Waals surface area contributed by atoms with Crippen LogP contribution in [0.5, 0.6) is 0 Å². The van der Waals surface area contributed by atoms with Gasteiger partial charge in [0.1, 0.15) is 5.82 Å². The van der Waals surface area contributed by atoms with E-state index in [2.05, 4.69) is 70.2 Å². The van der Waals surface area contributed by atoms with Gasteiger partial charge in [-0.25, -0.2) is 9.67 Å². The largest absolute Gasteiger partial charge is 0.217 e. The van der Waals surface area contributed by atoms with Crippen LogP contribution in [0.15, 0.2) is 42.5 Å². The highest BCUT2D eigenvalue weighted by atomic mass is 15.4. The zero-order valence-electron chi connectivity index (χ0n) is 14.3. The summed E-state index contributed by atoms with van der Waals surface area (Å²) in [6.07, 6.45) is 1.98. The number of para-hydroxylation sites is 1. The standard InChI is InChI=1S/C20H23N3/c1-5-8-19-21-20(17-12-14(2)11-15(3)13-17)22-23(19)18-10-7-6-9-16(18)4/h6-7,9-13H,5,8H2,1-4H3. The maximum atomic E-state index is 4.82. The highest BCUT2D eigenvalue weighted by molar-refractivity contribution is 5.58. The van der Waals surface area contributed by atoms with Gasteiger partial charge < -0.3 is 0 Å². The highest BCUT2D eigenvalue weighted by Gasteiger charge is 2.14. The van der Waals surface area contributed by atoms with Gasteiger partial charge in [0.05, 0.1) is 5.69 Å². The van der Waals surface area contributed by atoms with Crippen LogP contribution in [0.3, 0.4) is 0 Å². The van der Waals surface area contributed by atoms with Crippen molar-refractivity contribution in [2.45, 2.75) is 40.5 Å². The molecule has 3 nitrogen and oxygen atoms in total. The number of hydrogen-bond donors (Lipinski definition) is 0. The fraction of sp³-hybridized carbons (Fsp3) is 0.300. The van der Waals surface area contributed by atoms with Crippen molar-refractivity contribution in [3.63, 3.8) is 0 Å². The van der Waals surface area contributed by atoms with Crippen LogP contribution in [0.25, 0.3) is 17.1 Å². The first-order chi connectivity index (χ1) is 11.1. The van der Waals surface area contributed by atoms with Gasteiger partial charge in [0.25, 0.3) is 0 Å². The summed E-state index contributed by atoms with van der Waals surface area (Å²) in [5.41, 5.74) is 5.89. The number of nitrogens with zero attached hydrogens (tertiary/aromatic N) is 3. The molecule has 0 bridgehead atoms. The van der Waals surface area contributed by atoms with Crippen LogP contribution >= 0.6 is 0 Å². The second kappa shape index (κ2) is 6.37. The Bertz CT molecular complexity index is 810. The lowest BCUT2D eigenvalue weighted by Gasteiger charge is -2.07. The van der Waals surface area contributed by atoms with Crippen molar-refractivity contribution in [3.8, 4) is 17.1 Å². The second-order valence-corrected chi connectivity index (χ2v) is 6.18. The molecule has 0 saturated carbocycles. The van der Waals surface area contributed by atoms with Crippen LogP contribution in [-0.2, 0) is 6.42 Å². The third-order valence-corrected chi connectivity index (χ3v) is 3.97. The number of aromatic nitrogens is 3. The average molecular weight is 305 g/mol. The molecule has 0 atom stereocenters. The molecule has 1 heterocycles. The fourth-order valence-electron chi connectivity index (χ4n) is 2.95. The van der Waals surface area contributed by atoms with Crippen molar-refractivity contribution in [3.05, 3.63) is 65.0 Å². The third-order valence-electron chi connectivity index (χ3n) is 3.97. The van der Waals surface area contributed by atoms with E-state index in [1.807, 2.05) is 4.68 Å². The van der Waals surface area contributed by atoms with Crippen LogP contribution in [0.2, 0.25) is 0 Å². The van der Waals surface area contributed by atoms with Crippen molar-refractivity contribution in [1.29, 1.82) is 0 Å². The maximum Gasteiger partial charge on any atom is 0.181 e. The van der Waals surface area contributed by atoms with Crippen LogP contribution in [0.4, 0.5) is 0 Å². The van der Waals surface area contributed by atoms with Gasteiger partial charge >= 0.3 is 0 Å². The van der Waals surface area contributed by atoms with E-state index in [0.29, 0.717) is 0 Å².